The molecule has 14 rings (SSSR count). The summed E-state index contributed by atoms with van der Waals surface area (Å²) in [5, 5.41) is 12.5. The number of hydrogen-bond acceptors (Lipinski definition) is 0. The predicted molar refractivity (Wildman–Crippen MR) is 289 cm³/mol. The van der Waals surface area contributed by atoms with Gasteiger partial charge < -0.3 is 9.13 Å². The number of nitrogens with zero attached hydrogens (tertiary/aromatic N) is 2. The SMILES string of the molecule is c1ccc(-c2cccc(-c3cc4ccc5ccc6c(c7cc8c9ccccc9n(-c9cccc(-c%10ccccc%10)c9)c8cc7n6-c6cccc(-c7ccccc7)c6)c5c4c4ccccc34)c2)cc1. The normalized spacial score (nSPS) is 11.8. The van der Waals surface area contributed by atoms with E-state index in [4.69, 9.17) is 0 Å². The van der Waals surface area contributed by atoms with Crippen LogP contribution >= 0.6 is 0 Å². The van der Waals surface area contributed by atoms with E-state index in [0.29, 0.717) is 0 Å². The van der Waals surface area contributed by atoms with Gasteiger partial charge in [0, 0.05) is 38.3 Å². The molecule has 0 atom stereocenters. The van der Waals surface area contributed by atoms with E-state index in [1.54, 1.807) is 0 Å². The predicted octanol–water partition coefficient (Wildman–Crippen LogP) is 18.0. The van der Waals surface area contributed by atoms with Gasteiger partial charge in [0.05, 0.1) is 22.1 Å². The molecule has 0 aliphatic heterocycles. The summed E-state index contributed by atoms with van der Waals surface area (Å²) in [6, 6.07) is 93.9. The van der Waals surface area contributed by atoms with Gasteiger partial charge in [-0.1, -0.05) is 194 Å². The molecule has 0 radical (unpaired) electrons. The van der Waals surface area contributed by atoms with Crippen LogP contribution in [0.4, 0.5) is 0 Å². The summed E-state index contributed by atoms with van der Waals surface area (Å²) in [5.74, 6) is 0. The maximum absolute atomic E-state index is 2.52. The van der Waals surface area contributed by atoms with E-state index in [-0.39, 0.29) is 0 Å². The van der Waals surface area contributed by atoms with Crippen LogP contribution in [-0.4, -0.2) is 9.13 Å². The average Bonchev–Trinajstić information content (AvgIpc) is 3.92. The molecule has 0 aliphatic carbocycles. The molecule has 68 heavy (non-hydrogen) atoms. The number of aromatic nitrogens is 2. The Labute approximate surface area is 393 Å². The van der Waals surface area contributed by atoms with Gasteiger partial charge in [-0.15, -0.1) is 0 Å². The fourth-order valence-corrected chi connectivity index (χ4v) is 11.2. The van der Waals surface area contributed by atoms with E-state index >= 15 is 0 Å². The highest BCUT2D eigenvalue weighted by atomic mass is 15.0. The Balaban J connectivity index is 1.10. The molecule has 12 aromatic carbocycles. The zero-order valence-electron chi connectivity index (χ0n) is 37.1. The fourth-order valence-electron chi connectivity index (χ4n) is 11.2. The summed E-state index contributed by atoms with van der Waals surface area (Å²) in [4.78, 5) is 0. The van der Waals surface area contributed by atoms with Crippen molar-refractivity contribution in [2.24, 2.45) is 0 Å². The quantitative estimate of drug-likeness (QED) is 0.147. The van der Waals surface area contributed by atoms with Crippen molar-refractivity contribution < 1.29 is 0 Å². The van der Waals surface area contributed by atoms with Gasteiger partial charge in [-0.2, -0.15) is 0 Å². The van der Waals surface area contributed by atoms with Crippen LogP contribution in [0.1, 0.15) is 0 Å². The lowest BCUT2D eigenvalue weighted by molar-refractivity contribution is 1.17. The van der Waals surface area contributed by atoms with E-state index in [9.17, 15) is 0 Å². The van der Waals surface area contributed by atoms with Crippen LogP contribution in [0.3, 0.4) is 0 Å². The molecule has 0 saturated carbocycles. The molecule has 0 saturated heterocycles. The highest BCUT2D eigenvalue weighted by Crippen LogP contribution is 2.47. The van der Waals surface area contributed by atoms with Crippen molar-refractivity contribution in [3.63, 3.8) is 0 Å². The number of para-hydroxylation sites is 1. The molecule has 0 unspecified atom stereocenters. The number of hydrogen-bond donors (Lipinski definition) is 0. The van der Waals surface area contributed by atoms with Crippen LogP contribution in [0.25, 0.3) is 132 Å². The second-order valence-corrected chi connectivity index (χ2v) is 18.0. The molecular formula is C66H42N2. The standard InChI is InChI=1S/C66H42N2/c1-4-17-43(18-5-1)47-23-14-26-50(37-47)57-40-51-34-33-46-35-36-61-66(65(46)64(51)56-31-11-10-29-54(56)57)59-41-58-55-30-12-13-32-60(55)67(52-27-15-24-48(38-52)44-19-6-2-7-20-44)62(58)42-63(59)68(61)53-28-16-25-49(39-53)45-21-8-3-9-22-45/h1-42H. The van der Waals surface area contributed by atoms with E-state index in [1.807, 2.05) is 0 Å². The zero-order chi connectivity index (χ0) is 44.7. The summed E-state index contributed by atoms with van der Waals surface area (Å²) in [5.41, 5.74) is 16.7. The Morgan fingerprint density at radius 2 is 0.691 bits per heavy atom. The molecule has 0 bridgehead atoms. The molecule has 0 N–H and O–H groups in total. The third-order valence-corrected chi connectivity index (χ3v) is 14.2. The second-order valence-electron chi connectivity index (χ2n) is 18.0. The first-order valence-corrected chi connectivity index (χ1v) is 23.5. The Morgan fingerprint density at radius 1 is 0.206 bits per heavy atom. The first-order valence-electron chi connectivity index (χ1n) is 23.5. The van der Waals surface area contributed by atoms with E-state index in [2.05, 4.69) is 264 Å². The molecular weight excluding hydrogens is 821 g/mol. The van der Waals surface area contributed by atoms with Gasteiger partial charge in [0.1, 0.15) is 0 Å². The van der Waals surface area contributed by atoms with Crippen molar-refractivity contribution in [2.45, 2.75) is 0 Å². The lowest BCUT2D eigenvalue weighted by Crippen LogP contribution is -1.96. The smallest absolute Gasteiger partial charge is 0.0562 e. The number of fused-ring (bicyclic) bond motifs is 12. The van der Waals surface area contributed by atoms with Gasteiger partial charge >= 0.3 is 0 Å². The monoisotopic (exact) mass is 862 g/mol. The minimum absolute atomic E-state index is 1.13. The lowest BCUT2D eigenvalue weighted by atomic mass is 9.88. The Bertz CT molecular complexity index is 4290. The molecule has 2 heteroatoms. The largest absolute Gasteiger partial charge is 0.309 e. The summed E-state index contributed by atoms with van der Waals surface area (Å²) in [7, 11) is 0. The minimum Gasteiger partial charge on any atom is -0.309 e. The van der Waals surface area contributed by atoms with Crippen molar-refractivity contribution in [3.8, 4) is 55.9 Å². The van der Waals surface area contributed by atoms with Crippen molar-refractivity contribution in [3.05, 3.63) is 255 Å². The second kappa shape index (κ2) is 15.3. The van der Waals surface area contributed by atoms with Crippen molar-refractivity contribution in [1.82, 2.24) is 9.13 Å². The maximum Gasteiger partial charge on any atom is 0.0562 e. The molecule has 2 nitrogen and oxygen atoms in total. The van der Waals surface area contributed by atoms with Crippen LogP contribution in [0.2, 0.25) is 0 Å². The van der Waals surface area contributed by atoms with Crippen LogP contribution in [0.5, 0.6) is 0 Å². The van der Waals surface area contributed by atoms with Gasteiger partial charge in [0.2, 0.25) is 0 Å². The summed E-state index contributed by atoms with van der Waals surface area (Å²) < 4.78 is 4.98. The summed E-state index contributed by atoms with van der Waals surface area (Å²) in [6.45, 7) is 0. The Kier molecular flexibility index (Phi) is 8.62. The third kappa shape index (κ3) is 5.98. The zero-order valence-corrected chi connectivity index (χ0v) is 37.1. The molecule has 316 valence electrons. The van der Waals surface area contributed by atoms with E-state index in [1.165, 1.54) is 120 Å². The minimum atomic E-state index is 1.13. The molecule has 2 aromatic heterocycles. The fraction of sp³-hybridized carbons (Fsp3) is 0. The Morgan fingerprint density at radius 3 is 1.35 bits per heavy atom. The van der Waals surface area contributed by atoms with Gasteiger partial charge in [0.15, 0.2) is 0 Å². The number of rotatable bonds is 6. The van der Waals surface area contributed by atoms with Crippen LogP contribution in [0, 0.1) is 0 Å². The first-order chi connectivity index (χ1) is 33.7. The summed E-state index contributed by atoms with van der Waals surface area (Å²) >= 11 is 0. The van der Waals surface area contributed by atoms with E-state index < -0.39 is 0 Å². The van der Waals surface area contributed by atoms with Crippen molar-refractivity contribution in [2.75, 3.05) is 0 Å². The highest BCUT2D eigenvalue weighted by molar-refractivity contribution is 6.34. The number of benzene rings is 12. The van der Waals surface area contributed by atoms with Gasteiger partial charge in [-0.3, -0.25) is 0 Å². The van der Waals surface area contributed by atoms with Gasteiger partial charge in [-0.05, 0) is 132 Å². The summed E-state index contributed by atoms with van der Waals surface area (Å²) in [6.07, 6.45) is 0. The lowest BCUT2D eigenvalue weighted by Gasteiger charge is -2.15. The molecule has 0 spiro atoms. The van der Waals surface area contributed by atoms with Crippen LogP contribution < -0.4 is 0 Å². The van der Waals surface area contributed by atoms with Gasteiger partial charge in [-0.25, -0.2) is 0 Å². The molecule has 0 fully saturated rings. The van der Waals surface area contributed by atoms with Crippen LogP contribution in [-0.2, 0) is 0 Å². The highest BCUT2D eigenvalue weighted by Gasteiger charge is 2.22. The van der Waals surface area contributed by atoms with Crippen molar-refractivity contribution in [1.29, 1.82) is 0 Å². The molecule has 2 heterocycles. The average molecular weight is 863 g/mol. The first kappa shape index (κ1) is 38.3. The van der Waals surface area contributed by atoms with Crippen molar-refractivity contribution >= 4 is 75.9 Å². The molecule has 0 amide bonds. The van der Waals surface area contributed by atoms with Gasteiger partial charge in [0.25, 0.3) is 0 Å². The maximum atomic E-state index is 2.52. The molecule has 0 aliphatic rings. The third-order valence-electron chi connectivity index (χ3n) is 14.2. The van der Waals surface area contributed by atoms with E-state index in [0.717, 1.165) is 11.4 Å². The molecule has 14 aromatic rings. The topological polar surface area (TPSA) is 9.86 Å². The van der Waals surface area contributed by atoms with Crippen LogP contribution in [0.15, 0.2) is 255 Å². The Hall–Kier alpha value is -8.98.